The fourth-order valence-corrected chi connectivity index (χ4v) is 5.65. The number of aromatic nitrogens is 2. The average molecular weight is 709 g/mol. The maximum atomic E-state index is 14.0. The molecule has 2 aliphatic rings. The third-order valence-electron chi connectivity index (χ3n) is 7.83. The molecule has 50 heavy (non-hydrogen) atoms. The predicted octanol–water partition coefficient (Wildman–Crippen LogP) is 5.35. The lowest BCUT2D eigenvalue weighted by Gasteiger charge is -2.53. The number of hydrogen-bond donors (Lipinski definition) is 3. The van der Waals surface area contributed by atoms with Crippen molar-refractivity contribution in [2.75, 3.05) is 13.1 Å². The molecule has 0 bridgehead atoms. The van der Waals surface area contributed by atoms with Gasteiger partial charge in [0.05, 0.1) is 25.0 Å². The average Bonchev–Trinajstić information content (AvgIpc) is 3.56. The number of rotatable bonds is 8. The Hall–Kier alpha value is -5.22. The van der Waals surface area contributed by atoms with Crippen molar-refractivity contribution in [3.63, 3.8) is 0 Å². The van der Waals surface area contributed by atoms with Gasteiger partial charge in [0.15, 0.2) is 0 Å². The molecule has 2 aromatic carbocycles. The molecule has 2 fully saturated rings. The third kappa shape index (κ3) is 9.06. The highest BCUT2D eigenvalue weighted by atomic mass is 19.4. The van der Waals surface area contributed by atoms with E-state index in [9.17, 15) is 46.2 Å². The van der Waals surface area contributed by atoms with Crippen molar-refractivity contribution < 1.29 is 51.0 Å². The summed E-state index contributed by atoms with van der Waals surface area (Å²) in [5.74, 6) is -4.91. The number of aromatic amines is 1. The number of fused-ring (bicyclic) bond motifs is 1. The molecule has 4 amide bonds. The van der Waals surface area contributed by atoms with Crippen LogP contribution in [-0.4, -0.2) is 85.1 Å². The predicted molar refractivity (Wildman–Crippen MR) is 167 cm³/mol. The first-order valence-electron chi connectivity index (χ1n) is 15.7. The smallest absolute Gasteiger partial charge is 0.416 e. The van der Waals surface area contributed by atoms with Gasteiger partial charge in [-0.05, 0) is 29.3 Å². The number of alkyl halides is 5. The van der Waals surface area contributed by atoms with Crippen LogP contribution >= 0.6 is 0 Å². The van der Waals surface area contributed by atoms with Crippen LogP contribution in [0.2, 0.25) is 0 Å². The Morgan fingerprint density at radius 3 is 2.24 bits per heavy atom. The van der Waals surface area contributed by atoms with Crippen molar-refractivity contribution >= 4 is 24.0 Å². The molecule has 3 heterocycles. The summed E-state index contributed by atoms with van der Waals surface area (Å²) >= 11 is 0. The number of imidazole rings is 1. The monoisotopic (exact) mass is 708 g/mol. The van der Waals surface area contributed by atoms with E-state index in [1.807, 2.05) is 5.32 Å². The lowest BCUT2D eigenvalue weighted by molar-refractivity contribution is -0.170. The highest BCUT2D eigenvalue weighted by Gasteiger charge is 2.52. The summed E-state index contributed by atoms with van der Waals surface area (Å²) in [7, 11) is 0. The molecule has 270 valence electrons. The fraction of sp³-hybridized carbons (Fsp3) is 0.424. The van der Waals surface area contributed by atoms with Crippen LogP contribution in [0.5, 0.6) is 0 Å². The number of nitrogens with zero attached hydrogens (tertiary/aromatic N) is 4. The molecule has 0 aliphatic carbocycles. The van der Waals surface area contributed by atoms with Crippen LogP contribution in [0, 0.1) is 0 Å². The van der Waals surface area contributed by atoms with Crippen LogP contribution in [0.4, 0.5) is 31.5 Å². The molecular formula is C33H37F5N6O6. The molecule has 0 radical (unpaired) electrons. The van der Waals surface area contributed by atoms with Crippen molar-refractivity contribution in [1.29, 1.82) is 0 Å². The highest BCUT2D eigenvalue weighted by Crippen LogP contribution is 2.36. The lowest BCUT2D eigenvalue weighted by Crippen LogP contribution is -2.76. The fourth-order valence-electron chi connectivity index (χ4n) is 5.65. The molecule has 0 saturated carbocycles. The molecule has 1 aromatic heterocycles. The Labute approximate surface area is 284 Å². The summed E-state index contributed by atoms with van der Waals surface area (Å²) in [5.41, 5.74) is -1.48. The van der Waals surface area contributed by atoms with Crippen molar-refractivity contribution in [2.24, 2.45) is 0 Å². The molecule has 3 aromatic rings. The first-order valence-corrected chi connectivity index (χ1v) is 15.7. The van der Waals surface area contributed by atoms with E-state index in [1.165, 1.54) is 23.8 Å². The topological polar surface area (TPSA) is 148 Å². The third-order valence-corrected chi connectivity index (χ3v) is 7.83. The molecule has 0 spiro atoms. The van der Waals surface area contributed by atoms with E-state index in [1.54, 1.807) is 30.3 Å². The molecule has 3 N–H and O–H groups in total. The maximum absolute atomic E-state index is 14.0. The van der Waals surface area contributed by atoms with Gasteiger partial charge in [0.1, 0.15) is 24.9 Å². The number of halogens is 5. The number of nitrogens with one attached hydrogen (secondary N) is 2. The second-order valence-electron chi connectivity index (χ2n) is 11.9. The van der Waals surface area contributed by atoms with E-state index in [-0.39, 0.29) is 25.1 Å². The zero-order valence-corrected chi connectivity index (χ0v) is 27.4. The number of carbonyl (C=O) groups is 4. The molecule has 3 atom stereocenters. The van der Waals surface area contributed by atoms with Gasteiger partial charge in [-0.1, -0.05) is 50.6 Å². The Balaban J connectivity index is 0.00000181. The summed E-state index contributed by atoms with van der Waals surface area (Å²) in [6.07, 6.45) is -4.95. The molecule has 2 aliphatic heterocycles. The Morgan fingerprint density at radius 2 is 1.66 bits per heavy atom. The normalized spacial score (nSPS) is 19.4. The second kappa shape index (κ2) is 15.6. The van der Waals surface area contributed by atoms with Crippen LogP contribution in [0.1, 0.15) is 55.1 Å². The number of piperazine rings is 1. The van der Waals surface area contributed by atoms with Gasteiger partial charge in [-0.2, -0.15) is 13.2 Å². The van der Waals surface area contributed by atoms with E-state index in [4.69, 9.17) is 4.74 Å². The number of hydrogen-bond acceptors (Lipinski definition) is 6. The summed E-state index contributed by atoms with van der Waals surface area (Å²) in [4.78, 5) is 63.1. The van der Waals surface area contributed by atoms with Crippen LogP contribution in [0.15, 0.2) is 61.1 Å². The molecule has 17 heteroatoms. The molecule has 12 nitrogen and oxygen atoms in total. The number of benzene rings is 2. The second-order valence-corrected chi connectivity index (χ2v) is 11.9. The molecule has 2 saturated heterocycles. The van der Waals surface area contributed by atoms with E-state index in [0.29, 0.717) is 24.8 Å². The highest BCUT2D eigenvalue weighted by molar-refractivity contribution is 5.94. The van der Waals surface area contributed by atoms with Gasteiger partial charge < -0.3 is 29.9 Å². The van der Waals surface area contributed by atoms with Gasteiger partial charge in [-0.15, -0.1) is 0 Å². The first kappa shape index (κ1) is 37.6. The zero-order valence-electron chi connectivity index (χ0n) is 27.4. The number of carbonyl (C=O) groups excluding carboxylic acids is 3. The molecule has 2 unspecified atom stereocenters. The summed E-state index contributed by atoms with van der Waals surface area (Å²) in [6, 6.07) is 7.77. The quantitative estimate of drug-likeness (QED) is 0.267. The SMILES string of the molecule is CC(F)(F)c1cc(COC(=O)N2CC(NC(=O)O)C(=O)N3C2CN(Cc2ccccc2)C(=O)[C@@H]3Cc2cnc[nH]2)cc(C(F)(F)F)c1.CCC. The van der Waals surface area contributed by atoms with E-state index in [2.05, 4.69) is 23.8 Å². The van der Waals surface area contributed by atoms with Crippen molar-refractivity contribution in [1.82, 2.24) is 30.0 Å². The molecular weight excluding hydrogens is 671 g/mol. The van der Waals surface area contributed by atoms with Gasteiger partial charge in [-0.25, -0.2) is 23.4 Å². The summed E-state index contributed by atoms with van der Waals surface area (Å²) in [6.45, 7) is 3.15. The Kier molecular flexibility index (Phi) is 11.7. The van der Waals surface area contributed by atoms with E-state index in [0.717, 1.165) is 21.4 Å². The van der Waals surface area contributed by atoms with Gasteiger partial charge in [0, 0.05) is 37.3 Å². The minimum absolute atomic E-state index is 0.0761. The Bertz CT molecular complexity index is 1620. The van der Waals surface area contributed by atoms with Crippen molar-refractivity contribution in [3.05, 3.63) is 89.0 Å². The summed E-state index contributed by atoms with van der Waals surface area (Å²) in [5, 5.41) is 11.5. The van der Waals surface area contributed by atoms with Crippen LogP contribution in [0.3, 0.4) is 0 Å². The number of ether oxygens (including phenoxy) is 1. The van der Waals surface area contributed by atoms with Crippen molar-refractivity contribution in [3.8, 4) is 0 Å². The number of amides is 4. The standard InChI is InChI=1S/C30H29F5N6O6.C3H8/c1-29(31,32)19-7-18(8-20(9-19)30(33,34)35)15-47-28(46)40-13-22(38-27(44)45)25(42)41-23(10-21-11-36-16-37-21)26(43)39(14-24(40)41)12-17-5-3-2-4-6-17;1-3-2/h2-9,11,16,22-24,38H,10,12-15H2,1H3,(H,36,37)(H,44,45);3H2,1-2H3/t22?,23-,24?;/m0./s1. The Morgan fingerprint density at radius 1 is 1.00 bits per heavy atom. The largest absolute Gasteiger partial charge is 0.465 e. The number of H-pyrrole nitrogens is 1. The first-order chi connectivity index (χ1) is 23.5. The van der Waals surface area contributed by atoms with Crippen LogP contribution in [0.25, 0.3) is 0 Å². The van der Waals surface area contributed by atoms with E-state index >= 15 is 0 Å². The lowest BCUT2D eigenvalue weighted by atomic mass is 9.98. The van der Waals surface area contributed by atoms with E-state index < -0.39 is 78.6 Å². The summed E-state index contributed by atoms with van der Waals surface area (Å²) < 4.78 is 73.9. The van der Waals surface area contributed by atoms with Crippen LogP contribution in [-0.2, 0) is 46.0 Å². The number of carboxylic acid groups (broad SMARTS) is 1. The van der Waals surface area contributed by atoms with Gasteiger partial charge in [0.2, 0.25) is 11.8 Å². The maximum Gasteiger partial charge on any atom is 0.416 e. The van der Waals surface area contributed by atoms with Gasteiger partial charge >= 0.3 is 18.4 Å². The minimum atomic E-state index is -4.97. The minimum Gasteiger partial charge on any atom is -0.465 e. The van der Waals surface area contributed by atoms with Crippen LogP contribution < -0.4 is 5.32 Å². The molecule has 5 rings (SSSR count). The van der Waals surface area contributed by atoms with Crippen molar-refractivity contribution in [2.45, 2.75) is 77.1 Å². The van der Waals surface area contributed by atoms with Gasteiger partial charge in [-0.3, -0.25) is 14.5 Å². The zero-order chi connectivity index (χ0) is 36.8. The van der Waals surface area contributed by atoms with Gasteiger partial charge in [0.25, 0.3) is 5.92 Å².